The summed E-state index contributed by atoms with van der Waals surface area (Å²) < 4.78 is 5.13. The Balaban J connectivity index is 2.02. The number of pyridine rings is 1. The molecule has 0 aromatic carbocycles. The first-order valence-electron chi connectivity index (χ1n) is 7.73. The van der Waals surface area contributed by atoms with E-state index in [0.29, 0.717) is 18.8 Å². The Kier molecular flexibility index (Phi) is 5.99. The average Bonchev–Trinajstić information content (AvgIpc) is 2.81. The fraction of sp³-hybridized carbons (Fsp3) is 0.625. The lowest BCUT2D eigenvalue weighted by Crippen LogP contribution is -2.40. The number of methoxy groups -OCH3 is 1. The SMILES string of the molecule is COc1cccc(CC(CN)C(=O)N2CCCCCC2)n1. The molecule has 5 heteroatoms. The Labute approximate surface area is 126 Å². The summed E-state index contributed by atoms with van der Waals surface area (Å²) in [6.45, 7) is 2.08. The summed E-state index contributed by atoms with van der Waals surface area (Å²) >= 11 is 0. The van der Waals surface area contributed by atoms with E-state index in [0.717, 1.165) is 31.6 Å². The van der Waals surface area contributed by atoms with Crippen LogP contribution < -0.4 is 10.5 Å². The van der Waals surface area contributed by atoms with Gasteiger partial charge in [-0.3, -0.25) is 4.79 Å². The zero-order valence-electron chi connectivity index (χ0n) is 12.8. The minimum Gasteiger partial charge on any atom is -0.481 e. The highest BCUT2D eigenvalue weighted by molar-refractivity contribution is 5.79. The van der Waals surface area contributed by atoms with Crippen molar-refractivity contribution in [2.45, 2.75) is 32.1 Å². The Hall–Kier alpha value is -1.62. The third-order valence-corrected chi connectivity index (χ3v) is 4.00. The summed E-state index contributed by atoms with van der Waals surface area (Å²) in [7, 11) is 1.59. The second-order valence-electron chi connectivity index (χ2n) is 5.55. The summed E-state index contributed by atoms with van der Waals surface area (Å²) in [5, 5.41) is 0. The van der Waals surface area contributed by atoms with Crippen molar-refractivity contribution in [2.75, 3.05) is 26.7 Å². The number of aromatic nitrogens is 1. The average molecular weight is 291 g/mol. The molecule has 21 heavy (non-hydrogen) atoms. The monoisotopic (exact) mass is 291 g/mol. The lowest BCUT2D eigenvalue weighted by atomic mass is 10.0. The van der Waals surface area contributed by atoms with Crippen molar-refractivity contribution in [3.8, 4) is 5.88 Å². The molecule has 2 rings (SSSR count). The molecule has 0 spiro atoms. The van der Waals surface area contributed by atoms with Crippen molar-refractivity contribution in [3.05, 3.63) is 23.9 Å². The number of amides is 1. The van der Waals surface area contributed by atoms with Gasteiger partial charge >= 0.3 is 0 Å². The van der Waals surface area contributed by atoms with Crippen molar-refractivity contribution in [2.24, 2.45) is 11.7 Å². The first kappa shape index (κ1) is 15.8. The zero-order chi connectivity index (χ0) is 15.1. The maximum absolute atomic E-state index is 12.6. The second kappa shape index (κ2) is 7.98. The van der Waals surface area contributed by atoms with Crippen LogP contribution in [0.5, 0.6) is 5.88 Å². The van der Waals surface area contributed by atoms with E-state index in [9.17, 15) is 4.79 Å². The molecule has 1 amide bonds. The standard InChI is InChI=1S/C16H25N3O2/c1-21-15-8-6-7-14(18-15)11-13(12-17)16(20)19-9-4-2-3-5-10-19/h6-8,13H,2-5,9-12,17H2,1H3. The van der Waals surface area contributed by atoms with E-state index in [-0.39, 0.29) is 11.8 Å². The summed E-state index contributed by atoms with van der Waals surface area (Å²) in [5.41, 5.74) is 6.69. The topological polar surface area (TPSA) is 68.5 Å². The predicted molar refractivity (Wildman–Crippen MR) is 82.1 cm³/mol. The maximum Gasteiger partial charge on any atom is 0.227 e. The minimum absolute atomic E-state index is 0.170. The van der Waals surface area contributed by atoms with E-state index in [4.69, 9.17) is 10.5 Å². The number of carbonyl (C=O) groups is 1. The first-order chi connectivity index (χ1) is 10.2. The van der Waals surface area contributed by atoms with E-state index < -0.39 is 0 Å². The second-order valence-corrected chi connectivity index (χ2v) is 5.55. The predicted octanol–water partition coefficient (Wildman–Crippen LogP) is 1.61. The molecule has 1 aromatic rings. The zero-order valence-corrected chi connectivity index (χ0v) is 12.8. The minimum atomic E-state index is -0.192. The number of rotatable bonds is 5. The number of nitrogens with two attached hydrogens (primary N) is 1. The molecule has 5 nitrogen and oxygen atoms in total. The highest BCUT2D eigenvalue weighted by Gasteiger charge is 2.24. The highest BCUT2D eigenvalue weighted by Crippen LogP contribution is 2.16. The summed E-state index contributed by atoms with van der Waals surface area (Å²) in [6.07, 6.45) is 5.20. The van der Waals surface area contributed by atoms with Crippen LogP contribution in [0.2, 0.25) is 0 Å². The van der Waals surface area contributed by atoms with Crippen molar-refractivity contribution in [1.29, 1.82) is 0 Å². The molecule has 0 radical (unpaired) electrons. The normalized spacial score (nSPS) is 17.1. The highest BCUT2D eigenvalue weighted by atomic mass is 16.5. The Morgan fingerprint density at radius 1 is 1.33 bits per heavy atom. The fourth-order valence-electron chi connectivity index (χ4n) is 2.76. The van der Waals surface area contributed by atoms with Crippen LogP contribution in [0.1, 0.15) is 31.4 Å². The Morgan fingerprint density at radius 3 is 2.67 bits per heavy atom. The van der Waals surface area contributed by atoms with E-state index in [1.165, 1.54) is 12.8 Å². The van der Waals surface area contributed by atoms with Gasteiger partial charge in [-0.05, 0) is 18.9 Å². The molecule has 1 atom stereocenters. The van der Waals surface area contributed by atoms with E-state index in [1.54, 1.807) is 13.2 Å². The van der Waals surface area contributed by atoms with Crippen LogP contribution in [-0.4, -0.2) is 42.5 Å². The third-order valence-electron chi connectivity index (χ3n) is 4.00. The van der Waals surface area contributed by atoms with Crippen LogP contribution >= 0.6 is 0 Å². The van der Waals surface area contributed by atoms with Gasteiger partial charge in [-0.1, -0.05) is 18.9 Å². The number of likely N-dealkylation sites (tertiary alicyclic amines) is 1. The molecule has 0 saturated carbocycles. The van der Waals surface area contributed by atoms with Crippen LogP contribution in [0, 0.1) is 5.92 Å². The first-order valence-corrected chi connectivity index (χ1v) is 7.73. The largest absolute Gasteiger partial charge is 0.481 e. The van der Waals surface area contributed by atoms with Gasteiger partial charge in [0.05, 0.1) is 13.0 Å². The molecule has 116 valence electrons. The molecule has 1 aromatic heterocycles. The molecule has 2 heterocycles. The molecule has 1 unspecified atom stereocenters. The van der Waals surface area contributed by atoms with Crippen LogP contribution in [0.3, 0.4) is 0 Å². The van der Waals surface area contributed by atoms with Crippen LogP contribution in [-0.2, 0) is 11.2 Å². The molecule has 0 aliphatic carbocycles. The molecule has 2 N–H and O–H groups in total. The summed E-state index contributed by atoms with van der Waals surface area (Å²) in [6, 6.07) is 5.61. The summed E-state index contributed by atoms with van der Waals surface area (Å²) in [4.78, 5) is 19.0. The smallest absolute Gasteiger partial charge is 0.227 e. The van der Waals surface area contributed by atoms with Crippen molar-refractivity contribution >= 4 is 5.91 Å². The molecule has 1 fully saturated rings. The number of hydrogen-bond donors (Lipinski definition) is 1. The van der Waals surface area contributed by atoms with Crippen LogP contribution in [0.4, 0.5) is 0 Å². The summed E-state index contributed by atoms with van der Waals surface area (Å²) in [5.74, 6) is 0.553. The van der Waals surface area contributed by atoms with Gasteiger partial charge in [0.15, 0.2) is 0 Å². The van der Waals surface area contributed by atoms with Crippen molar-refractivity contribution in [1.82, 2.24) is 9.88 Å². The van der Waals surface area contributed by atoms with Crippen LogP contribution in [0.25, 0.3) is 0 Å². The number of nitrogens with zero attached hydrogens (tertiary/aromatic N) is 2. The molecule has 1 saturated heterocycles. The van der Waals surface area contributed by atoms with Gasteiger partial charge in [0.1, 0.15) is 0 Å². The lowest BCUT2D eigenvalue weighted by molar-refractivity contribution is -0.135. The van der Waals surface area contributed by atoms with Gasteiger partial charge in [-0.2, -0.15) is 0 Å². The molecule has 0 bridgehead atoms. The molecular formula is C16H25N3O2. The maximum atomic E-state index is 12.6. The number of ether oxygens (including phenoxy) is 1. The van der Waals surface area contributed by atoms with Gasteiger partial charge in [0, 0.05) is 37.8 Å². The van der Waals surface area contributed by atoms with E-state index in [2.05, 4.69) is 4.98 Å². The van der Waals surface area contributed by atoms with Crippen molar-refractivity contribution < 1.29 is 9.53 Å². The van der Waals surface area contributed by atoms with E-state index >= 15 is 0 Å². The lowest BCUT2D eigenvalue weighted by Gasteiger charge is -2.25. The molecule has 1 aliphatic heterocycles. The van der Waals surface area contributed by atoms with Gasteiger partial charge < -0.3 is 15.4 Å². The number of hydrogen-bond acceptors (Lipinski definition) is 4. The third kappa shape index (κ3) is 4.43. The molecule has 1 aliphatic rings. The quantitative estimate of drug-likeness (QED) is 0.895. The Morgan fingerprint density at radius 2 is 2.05 bits per heavy atom. The van der Waals surface area contributed by atoms with Gasteiger partial charge in [0.25, 0.3) is 0 Å². The Bertz CT molecular complexity index is 457. The van der Waals surface area contributed by atoms with E-state index in [1.807, 2.05) is 17.0 Å². The van der Waals surface area contributed by atoms with Gasteiger partial charge in [0.2, 0.25) is 11.8 Å². The van der Waals surface area contributed by atoms with Gasteiger partial charge in [-0.15, -0.1) is 0 Å². The molecular weight excluding hydrogens is 266 g/mol. The van der Waals surface area contributed by atoms with Crippen molar-refractivity contribution in [3.63, 3.8) is 0 Å². The van der Waals surface area contributed by atoms with Crippen LogP contribution in [0.15, 0.2) is 18.2 Å². The number of carbonyl (C=O) groups excluding carboxylic acids is 1. The van der Waals surface area contributed by atoms with Gasteiger partial charge in [-0.25, -0.2) is 4.98 Å². The fourth-order valence-corrected chi connectivity index (χ4v) is 2.76.